The van der Waals surface area contributed by atoms with Gasteiger partial charge in [0.25, 0.3) is 0 Å². The van der Waals surface area contributed by atoms with Gasteiger partial charge in [-0.2, -0.15) is 0 Å². The van der Waals surface area contributed by atoms with Gasteiger partial charge in [0.2, 0.25) is 0 Å². The Morgan fingerprint density at radius 1 is 1.09 bits per heavy atom. The number of benzene rings is 2. The predicted molar refractivity (Wildman–Crippen MR) is 89.8 cm³/mol. The Kier molecular flexibility index (Phi) is 5.19. The van der Waals surface area contributed by atoms with E-state index in [9.17, 15) is 9.18 Å². The number of likely N-dealkylation sites (tertiary alicyclic amines) is 1. The molecule has 3 heteroatoms. The van der Waals surface area contributed by atoms with Crippen LogP contribution in [0.5, 0.6) is 0 Å². The molecule has 0 N–H and O–H groups in total. The summed E-state index contributed by atoms with van der Waals surface area (Å²) in [4.78, 5) is 14.8. The summed E-state index contributed by atoms with van der Waals surface area (Å²) in [6.07, 6.45) is 2.78. The first-order chi connectivity index (χ1) is 11.2. The zero-order valence-corrected chi connectivity index (χ0v) is 13.2. The van der Waals surface area contributed by atoms with Gasteiger partial charge in [0.05, 0.1) is 0 Å². The Morgan fingerprint density at radius 2 is 1.83 bits per heavy atom. The molecule has 2 aromatic rings. The van der Waals surface area contributed by atoms with Crippen molar-refractivity contribution in [2.24, 2.45) is 5.92 Å². The van der Waals surface area contributed by atoms with Crippen LogP contribution in [0.3, 0.4) is 0 Å². The summed E-state index contributed by atoms with van der Waals surface area (Å²) >= 11 is 0. The topological polar surface area (TPSA) is 20.3 Å². The van der Waals surface area contributed by atoms with Crippen LogP contribution in [0, 0.1) is 11.7 Å². The Bertz CT molecular complexity index is 638. The Labute approximate surface area is 136 Å². The fourth-order valence-corrected chi connectivity index (χ4v) is 3.32. The smallest absolute Gasteiger partial charge is 0.163 e. The molecule has 0 unspecified atom stereocenters. The molecule has 1 aliphatic heterocycles. The number of ketones is 1. The summed E-state index contributed by atoms with van der Waals surface area (Å²) in [6.45, 7) is 3.00. The van der Waals surface area contributed by atoms with Crippen molar-refractivity contribution in [2.45, 2.75) is 25.8 Å². The Balaban J connectivity index is 1.56. The lowest BCUT2D eigenvalue weighted by Gasteiger charge is -2.32. The number of hydrogen-bond donors (Lipinski definition) is 0. The van der Waals surface area contributed by atoms with Crippen LogP contribution in [-0.4, -0.2) is 23.8 Å². The first-order valence-corrected chi connectivity index (χ1v) is 8.26. The molecule has 1 aliphatic rings. The van der Waals surface area contributed by atoms with E-state index in [0.717, 1.165) is 32.5 Å². The largest absolute Gasteiger partial charge is 0.299 e. The molecule has 0 radical (unpaired) electrons. The van der Waals surface area contributed by atoms with Crippen molar-refractivity contribution in [3.8, 4) is 0 Å². The molecule has 1 saturated heterocycles. The molecule has 0 amide bonds. The maximum Gasteiger partial charge on any atom is 0.163 e. The van der Waals surface area contributed by atoms with E-state index in [4.69, 9.17) is 0 Å². The average Bonchev–Trinajstić information content (AvgIpc) is 2.57. The standard InChI is InChI=1S/C20H22FNO/c21-19-10-8-18(9-11-19)20(23)13-17-7-4-12-22(15-17)14-16-5-2-1-3-6-16/h1-3,5-6,8-11,17H,4,7,12-15H2/t17-/m0/s1. The van der Waals surface area contributed by atoms with Crippen molar-refractivity contribution in [3.63, 3.8) is 0 Å². The van der Waals surface area contributed by atoms with Crippen molar-refractivity contribution in [1.29, 1.82) is 0 Å². The van der Waals surface area contributed by atoms with Gasteiger partial charge >= 0.3 is 0 Å². The molecular formula is C20H22FNO. The monoisotopic (exact) mass is 311 g/mol. The molecule has 1 heterocycles. The Hall–Kier alpha value is -2.00. The zero-order chi connectivity index (χ0) is 16.1. The van der Waals surface area contributed by atoms with E-state index in [-0.39, 0.29) is 11.6 Å². The third-order valence-corrected chi connectivity index (χ3v) is 4.49. The molecule has 0 aliphatic carbocycles. The van der Waals surface area contributed by atoms with E-state index >= 15 is 0 Å². The minimum Gasteiger partial charge on any atom is -0.299 e. The summed E-state index contributed by atoms with van der Waals surface area (Å²) in [5.41, 5.74) is 1.93. The summed E-state index contributed by atoms with van der Waals surface area (Å²) in [6, 6.07) is 16.3. The fourth-order valence-electron chi connectivity index (χ4n) is 3.32. The number of nitrogens with zero attached hydrogens (tertiary/aromatic N) is 1. The summed E-state index contributed by atoms with van der Waals surface area (Å²) in [7, 11) is 0. The molecule has 0 aromatic heterocycles. The Morgan fingerprint density at radius 3 is 2.57 bits per heavy atom. The van der Waals surface area contributed by atoms with Crippen LogP contribution < -0.4 is 0 Å². The van der Waals surface area contributed by atoms with Crippen LogP contribution >= 0.6 is 0 Å². The number of rotatable bonds is 5. The number of carbonyl (C=O) groups is 1. The molecule has 120 valence electrons. The minimum absolute atomic E-state index is 0.122. The lowest BCUT2D eigenvalue weighted by atomic mass is 9.90. The third kappa shape index (κ3) is 4.49. The summed E-state index contributed by atoms with van der Waals surface area (Å²) in [5.74, 6) is 0.217. The van der Waals surface area contributed by atoms with E-state index in [1.54, 1.807) is 12.1 Å². The van der Waals surface area contributed by atoms with E-state index in [0.29, 0.717) is 17.9 Å². The fraction of sp³-hybridized carbons (Fsp3) is 0.350. The molecule has 2 aromatic carbocycles. The highest BCUT2D eigenvalue weighted by Gasteiger charge is 2.22. The van der Waals surface area contributed by atoms with Crippen LogP contribution in [0.4, 0.5) is 4.39 Å². The second kappa shape index (κ2) is 7.51. The minimum atomic E-state index is -0.298. The van der Waals surface area contributed by atoms with Gasteiger partial charge in [-0.05, 0) is 55.1 Å². The SMILES string of the molecule is O=C(C[C@@H]1CCCN(Cc2ccccc2)C1)c1ccc(F)cc1. The van der Waals surface area contributed by atoms with Gasteiger partial charge in [-0.15, -0.1) is 0 Å². The van der Waals surface area contributed by atoms with Crippen LogP contribution in [0.15, 0.2) is 54.6 Å². The molecule has 1 fully saturated rings. The number of Topliss-reactive ketones (excluding diaryl/α,β-unsaturated/α-hetero) is 1. The van der Waals surface area contributed by atoms with Gasteiger partial charge in [0.1, 0.15) is 5.82 Å². The molecule has 1 atom stereocenters. The second-order valence-corrected chi connectivity index (χ2v) is 6.36. The highest BCUT2D eigenvalue weighted by molar-refractivity contribution is 5.96. The highest BCUT2D eigenvalue weighted by atomic mass is 19.1. The van der Waals surface area contributed by atoms with Gasteiger partial charge in [-0.1, -0.05) is 30.3 Å². The lowest BCUT2D eigenvalue weighted by Crippen LogP contribution is -2.35. The lowest BCUT2D eigenvalue weighted by molar-refractivity contribution is 0.0912. The van der Waals surface area contributed by atoms with E-state index in [2.05, 4.69) is 29.2 Å². The molecule has 3 rings (SSSR count). The van der Waals surface area contributed by atoms with Crippen LogP contribution in [0.1, 0.15) is 35.2 Å². The normalized spacial score (nSPS) is 18.7. The maximum absolute atomic E-state index is 12.9. The molecule has 2 nitrogen and oxygen atoms in total. The predicted octanol–water partition coefficient (Wildman–Crippen LogP) is 4.31. The van der Waals surface area contributed by atoms with Crippen molar-refractivity contribution >= 4 is 5.78 Å². The summed E-state index contributed by atoms with van der Waals surface area (Å²) < 4.78 is 12.9. The van der Waals surface area contributed by atoms with Gasteiger partial charge in [0.15, 0.2) is 5.78 Å². The van der Waals surface area contributed by atoms with Gasteiger partial charge in [-0.25, -0.2) is 4.39 Å². The van der Waals surface area contributed by atoms with Crippen LogP contribution in [-0.2, 0) is 6.54 Å². The summed E-state index contributed by atoms with van der Waals surface area (Å²) in [5, 5.41) is 0. The second-order valence-electron chi connectivity index (χ2n) is 6.36. The molecule has 23 heavy (non-hydrogen) atoms. The van der Waals surface area contributed by atoms with Crippen molar-refractivity contribution in [3.05, 3.63) is 71.5 Å². The maximum atomic E-state index is 12.9. The zero-order valence-electron chi connectivity index (χ0n) is 13.2. The van der Waals surface area contributed by atoms with Crippen molar-refractivity contribution in [1.82, 2.24) is 4.90 Å². The van der Waals surface area contributed by atoms with Gasteiger partial charge < -0.3 is 0 Å². The molecule has 0 spiro atoms. The quantitative estimate of drug-likeness (QED) is 0.767. The number of carbonyl (C=O) groups excluding carboxylic acids is 1. The molecule has 0 saturated carbocycles. The highest BCUT2D eigenvalue weighted by Crippen LogP contribution is 2.23. The number of halogens is 1. The molecular weight excluding hydrogens is 289 g/mol. The third-order valence-electron chi connectivity index (χ3n) is 4.49. The van der Waals surface area contributed by atoms with E-state index in [1.807, 2.05) is 6.07 Å². The van der Waals surface area contributed by atoms with E-state index in [1.165, 1.54) is 17.7 Å². The van der Waals surface area contributed by atoms with Gasteiger partial charge in [0, 0.05) is 25.1 Å². The molecule has 0 bridgehead atoms. The van der Waals surface area contributed by atoms with Gasteiger partial charge in [-0.3, -0.25) is 9.69 Å². The first-order valence-electron chi connectivity index (χ1n) is 8.26. The van der Waals surface area contributed by atoms with E-state index < -0.39 is 0 Å². The van der Waals surface area contributed by atoms with Crippen LogP contribution in [0.2, 0.25) is 0 Å². The van der Waals surface area contributed by atoms with Crippen molar-refractivity contribution in [2.75, 3.05) is 13.1 Å². The van der Waals surface area contributed by atoms with Crippen LogP contribution in [0.25, 0.3) is 0 Å². The number of piperidine rings is 1. The number of hydrogen-bond acceptors (Lipinski definition) is 2. The van der Waals surface area contributed by atoms with Crippen molar-refractivity contribution < 1.29 is 9.18 Å². The first kappa shape index (κ1) is 15.9. The average molecular weight is 311 g/mol.